The molecular formula is C17H13N3O2S. The minimum atomic E-state index is -0.0770. The van der Waals surface area contributed by atoms with Crippen molar-refractivity contribution in [2.24, 2.45) is 0 Å². The number of para-hydroxylation sites is 2. The number of benzene rings is 1. The number of hydrogen-bond donors (Lipinski definition) is 0. The molecule has 0 fully saturated rings. The predicted molar refractivity (Wildman–Crippen MR) is 89.8 cm³/mol. The van der Waals surface area contributed by atoms with E-state index in [4.69, 9.17) is 4.42 Å². The van der Waals surface area contributed by atoms with Gasteiger partial charge in [-0.1, -0.05) is 30.0 Å². The first-order chi connectivity index (χ1) is 11.2. The number of aromatic nitrogens is 3. The number of thioether (sulfide) groups is 1. The average Bonchev–Trinajstić information content (AvgIpc) is 2.96. The van der Waals surface area contributed by atoms with Gasteiger partial charge in [0.15, 0.2) is 5.58 Å². The summed E-state index contributed by atoms with van der Waals surface area (Å²) in [5.74, 6) is 0.534. The van der Waals surface area contributed by atoms with Crippen LogP contribution in [0.5, 0.6) is 0 Å². The van der Waals surface area contributed by atoms with Gasteiger partial charge in [-0.15, -0.1) is 0 Å². The topological polar surface area (TPSA) is 60.4 Å². The molecule has 0 N–H and O–H groups in total. The van der Waals surface area contributed by atoms with Crippen LogP contribution in [0.4, 0.5) is 0 Å². The Hall–Kier alpha value is -2.60. The van der Waals surface area contributed by atoms with E-state index in [9.17, 15) is 4.79 Å². The van der Waals surface area contributed by atoms with Gasteiger partial charge in [0, 0.05) is 18.0 Å². The van der Waals surface area contributed by atoms with E-state index in [0.29, 0.717) is 22.3 Å². The Labute approximate surface area is 136 Å². The van der Waals surface area contributed by atoms with Crippen LogP contribution in [0.2, 0.25) is 0 Å². The van der Waals surface area contributed by atoms with Gasteiger partial charge in [-0.3, -0.25) is 9.20 Å². The molecule has 0 aliphatic carbocycles. The highest BCUT2D eigenvalue weighted by molar-refractivity contribution is 7.98. The van der Waals surface area contributed by atoms with Crippen LogP contribution in [0.1, 0.15) is 11.3 Å². The number of nitrogens with zero attached hydrogens (tertiary/aromatic N) is 3. The molecule has 0 amide bonds. The Kier molecular flexibility index (Phi) is 3.38. The normalized spacial score (nSPS) is 11.3. The van der Waals surface area contributed by atoms with E-state index in [-0.39, 0.29) is 5.56 Å². The van der Waals surface area contributed by atoms with Gasteiger partial charge in [-0.25, -0.2) is 9.97 Å². The lowest BCUT2D eigenvalue weighted by Gasteiger charge is -2.03. The van der Waals surface area contributed by atoms with E-state index >= 15 is 0 Å². The summed E-state index contributed by atoms with van der Waals surface area (Å²) in [5, 5.41) is 0.581. The van der Waals surface area contributed by atoms with Gasteiger partial charge in [0.1, 0.15) is 11.2 Å². The fourth-order valence-electron chi connectivity index (χ4n) is 2.38. The fraction of sp³-hybridized carbons (Fsp3) is 0.118. The number of oxazole rings is 1. The maximum absolute atomic E-state index is 12.2. The molecule has 0 bridgehead atoms. The van der Waals surface area contributed by atoms with E-state index in [0.717, 1.165) is 16.7 Å². The van der Waals surface area contributed by atoms with E-state index in [1.165, 1.54) is 11.8 Å². The number of rotatable bonds is 3. The molecule has 5 nitrogen and oxygen atoms in total. The maximum Gasteiger partial charge on any atom is 0.258 e. The SMILES string of the molecule is Cc1ccc2nc(CSc3nc4ccccc4o3)cc(=O)n2c1. The van der Waals surface area contributed by atoms with Crippen molar-refractivity contribution in [1.82, 2.24) is 14.4 Å². The standard InChI is InChI=1S/C17H13N3O2S/c1-11-6-7-15-18-12(8-16(21)20(15)9-11)10-23-17-19-13-4-2-3-5-14(13)22-17/h2-9H,10H2,1H3. The van der Waals surface area contributed by atoms with Crippen LogP contribution in [0.15, 0.2) is 63.1 Å². The van der Waals surface area contributed by atoms with Gasteiger partial charge < -0.3 is 4.42 Å². The third-order valence-electron chi connectivity index (χ3n) is 3.48. The van der Waals surface area contributed by atoms with Crippen molar-refractivity contribution < 1.29 is 4.42 Å². The van der Waals surface area contributed by atoms with Crippen LogP contribution >= 0.6 is 11.8 Å². The highest BCUT2D eigenvalue weighted by atomic mass is 32.2. The Bertz CT molecular complexity index is 1040. The summed E-state index contributed by atoms with van der Waals surface area (Å²) in [6.45, 7) is 1.95. The first kappa shape index (κ1) is 14.0. The second kappa shape index (κ2) is 5.55. The molecule has 0 aliphatic heterocycles. The molecule has 0 saturated heterocycles. The molecule has 0 aliphatic rings. The summed E-state index contributed by atoms with van der Waals surface area (Å²) >= 11 is 1.43. The summed E-state index contributed by atoms with van der Waals surface area (Å²) in [6.07, 6.45) is 1.79. The monoisotopic (exact) mass is 323 g/mol. The van der Waals surface area contributed by atoms with Gasteiger partial charge in [-0.05, 0) is 30.7 Å². The second-order valence-corrected chi connectivity index (χ2v) is 6.18. The quantitative estimate of drug-likeness (QED) is 0.541. The molecule has 0 unspecified atom stereocenters. The fourth-order valence-corrected chi connectivity index (χ4v) is 3.11. The first-order valence-electron chi connectivity index (χ1n) is 7.16. The lowest BCUT2D eigenvalue weighted by Crippen LogP contribution is -2.15. The molecule has 4 aromatic rings. The zero-order valence-corrected chi connectivity index (χ0v) is 13.2. The summed E-state index contributed by atoms with van der Waals surface area (Å²) in [5.41, 5.74) is 3.90. The van der Waals surface area contributed by atoms with E-state index in [1.807, 2.05) is 43.3 Å². The molecule has 0 radical (unpaired) electrons. The molecule has 3 aromatic heterocycles. The van der Waals surface area contributed by atoms with Crippen LogP contribution in [-0.2, 0) is 5.75 Å². The average molecular weight is 323 g/mol. The van der Waals surface area contributed by atoms with Crippen molar-refractivity contribution in [3.8, 4) is 0 Å². The van der Waals surface area contributed by atoms with E-state index < -0.39 is 0 Å². The summed E-state index contributed by atoms with van der Waals surface area (Å²) in [4.78, 5) is 21.1. The Morgan fingerprint density at radius 3 is 2.91 bits per heavy atom. The summed E-state index contributed by atoms with van der Waals surface area (Å²) < 4.78 is 7.22. The van der Waals surface area contributed by atoms with Crippen molar-refractivity contribution in [1.29, 1.82) is 0 Å². The molecule has 0 spiro atoms. The van der Waals surface area contributed by atoms with Crippen molar-refractivity contribution in [3.63, 3.8) is 0 Å². The molecule has 114 valence electrons. The summed E-state index contributed by atoms with van der Waals surface area (Å²) in [6, 6.07) is 13.0. The maximum atomic E-state index is 12.2. The van der Waals surface area contributed by atoms with Crippen LogP contribution < -0.4 is 5.56 Å². The number of aryl methyl sites for hydroxylation is 1. The number of fused-ring (bicyclic) bond motifs is 2. The third-order valence-corrected chi connectivity index (χ3v) is 4.34. The molecule has 6 heteroatoms. The minimum Gasteiger partial charge on any atom is -0.431 e. The molecule has 23 heavy (non-hydrogen) atoms. The van der Waals surface area contributed by atoms with Crippen molar-refractivity contribution >= 4 is 28.5 Å². The van der Waals surface area contributed by atoms with Crippen molar-refractivity contribution in [2.75, 3.05) is 0 Å². The molecule has 3 heterocycles. The van der Waals surface area contributed by atoms with E-state index in [2.05, 4.69) is 9.97 Å². The predicted octanol–water partition coefficient (Wildman–Crippen LogP) is 3.44. The van der Waals surface area contributed by atoms with Crippen molar-refractivity contribution in [2.45, 2.75) is 17.9 Å². The lowest BCUT2D eigenvalue weighted by atomic mass is 10.3. The Balaban J connectivity index is 1.62. The highest BCUT2D eigenvalue weighted by Crippen LogP contribution is 2.25. The largest absolute Gasteiger partial charge is 0.431 e. The minimum absolute atomic E-state index is 0.0770. The Morgan fingerprint density at radius 2 is 2.04 bits per heavy atom. The smallest absolute Gasteiger partial charge is 0.258 e. The number of pyridine rings is 1. The zero-order valence-electron chi connectivity index (χ0n) is 12.4. The van der Waals surface area contributed by atoms with Gasteiger partial charge in [0.05, 0.1) is 5.69 Å². The third kappa shape index (κ3) is 2.73. The van der Waals surface area contributed by atoms with Crippen LogP contribution in [0, 0.1) is 6.92 Å². The number of hydrogen-bond acceptors (Lipinski definition) is 5. The molecule has 0 atom stereocenters. The van der Waals surface area contributed by atoms with Gasteiger partial charge in [0.25, 0.3) is 10.8 Å². The summed E-state index contributed by atoms with van der Waals surface area (Å²) in [7, 11) is 0. The van der Waals surface area contributed by atoms with Gasteiger partial charge in [0.2, 0.25) is 0 Å². The first-order valence-corrected chi connectivity index (χ1v) is 8.15. The zero-order chi connectivity index (χ0) is 15.8. The van der Waals surface area contributed by atoms with Crippen LogP contribution in [0.25, 0.3) is 16.7 Å². The second-order valence-electron chi connectivity index (χ2n) is 5.26. The van der Waals surface area contributed by atoms with E-state index in [1.54, 1.807) is 16.7 Å². The molecule has 4 rings (SSSR count). The highest BCUT2D eigenvalue weighted by Gasteiger charge is 2.08. The Morgan fingerprint density at radius 1 is 1.17 bits per heavy atom. The van der Waals surface area contributed by atoms with Crippen LogP contribution in [-0.4, -0.2) is 14.4 Å². The van der Waals surface area contributed by atoms with Crippen molar-refractivity contribution in [3.05, 3.63) is 70.3 Å². The molecule has 0 saturated carbocycles. The van der Waals surface area contributed by atoms with Gasteiger partial charge >= 0.3 is 0 Å². The lowest BCUT2D eigenvalue weighted by molar-refractivity contribution is 0.489. The molecule has 1 aromatic carbocycles. The van der Waals surface area contributed by atoms with Gasteiger partial charge in [-0.2, -0.15) is 0 Å². The molecular weight excluding hydrogens is 310 g/mol. The van der Waals surface area contributed by atoms with Crippen LogP contribution in [0.3, 0.4) is 0 Å².